The summed E-state index contributed by atoms with van der Waals surface area (Å²) in [6, 6.07) is 25.3. The lowest BCUT2D eigenvalue weighted by Gasteiger charge is -2.00. The van der Waals surface area contributed by atoms with Crippen molar-refractivity contribution in [3.8, 4) is 35.5 Å². The first-order chi connectivity index (χ1) is 17.2. The van der Waals surface area contributed by atoms with E-state index in [1.165, 1.54) is 33.4 Å². The summed E-state index contributed by atoms with van der Waals surface area (Å²) in [6.45, 7) is 12.6. The molecular formula is C36H30. The van der Waals surface area contributed by atoms with E-state index in [0.29, 0.717) is 0 Å². The minimum atomic E-state index is 0.908. The van der Waals surface area contributed by atoms with Gasteiger partial charge in [0.2, 0.25) is 0 Å². The molecule has 0 N–H and O–H groups in total. The Balaban J connectivity index is 1.76. The van der Waals surface area contributed by atoms with Gasteiger partial charge >= 0.3 is 0 Å². The largest absolute Gasteiger partial charge is 0.0616 e. The van der Waals surface area contributed by atoms with Crippen molar-refractivity contribution < 1.29 is 0 Å². The van der Waals surface area contributed by atoms with Crippen molar-refractivity contribution in [1.82, 2.24) is 0 Å². The highest BCUT2D eigenvalue weighted by Gasteiger charge is 1.99. The first kappa shape index (κ1) is 24.7. The summed E-state index contributed by atoms with van der Waals surface area (Å²) in [4.78, 5) is 0. The number of rotatable bonds is 0. The van der Waals surface area contributed by atoms with Crippen molar-refractivity contribution in [3.63, 3.8) is 0 Å². The van der Waals surface area contributed by atoms with E-state index >= 15 is 0 Å². The maximum Gasteiger partial charge on any atom is 0.0273 e. The normalized spacial score (nSPS) is 9.83. The number of benzene rings is 4. The van der Waals surface area contributed by atoms with Gasteiger partial charge in [0.25, 0.3) is 0 Å². The van der Waals surface area contributed by atoms with Crippen LogP contribution in [0.3, 0.4) is 0 Å². The Hall–Kier alpha value is -4.44. The minimum absolute atomic E-state index is 0.908. The first-order valence-electron chi connectivity index (χ1n) is 12.2. The van der Waals surface area contributed by atoms with E-state index in [4.69, 9.17) is 0 Å². The fourth-order valence-corrected chi connectivity index (χ4v) is 4.42. The zero-order valence-electron chi connectivity index (χ0n) is 21.9. The zero-order valence-corrected chi connectivity index (χ0v) is 21.9. The predicted molar refractivity (Wildman–Crippen MR) is 152 cm³/mol. The van der Waals surface area contributed by atoms with Crippen LogP contribution in [0.4, 0.5) is 0 Å². The van der Waals surface area contributed by atoms with Gasteiger partial charge in [0, 0.05) is 33.4 Å². The smallest absolute Gasteiger partial charge is 0.0273 e. The monoisotopic (exact) mass is 462 g/mol. The average Bonchev–Trinajstić information content (AvgIpc) is 2.78. The lowest BCUT2D eigenvalue weighted by atomic mass is 10.0. The third-order valence-electron chi connectivity index (χ3n) is 5.65. The molecule has 0 bridgehead atoms. The fourth-order valence-electron chi connectivity index (χ4n) is 4.42. The van der Waals surface area contributed by atoms with Gasteiger partial charge in [-0.25, -0.2) is 0 Å². The molecule has 36 heavy (non-hydrogen) atoms. The Morgan fingerprint density at radius 2 is 0.417 bits per heavy atom. The van der Waals surface area contributed by atoms with E-state index in [-0.39, 0.29) is 0 Å². The Bertz CT molecular complexity index is 1370. The Morgan fingerprint density at radius 3 is 0.611 bits per heavy atom. The quantitative estimate of drug-likeness (QED) is 0.235. The molecule has 0 nitrogen and oxygen atoms in total. The van der Waals surface area contributed by atoms with Crippen LogP contribution in [0.1, 0.15) is 66.8 Å². The van der Waals surface area contributed by atoms with Crippen LogP contribution in [0.2, 0.25) is 0 Å². The molecule has 0 radical (unpaired) electrons. The van der Waals surface area contributed by atoms with Crippen LogP contribution in [0, 0.1) is 77.1 Å². The number of hydrogen-bond donors (Lipinski definition) is 0. The first-order valence-corrected chi connectivity index (χ1v) is 12.2. The zero-order chi connectivity index (χ0) is 25.7. The number of hydrogen-bond acceptors (Lipinski definition) is 0. The van der Waals surface area contributed by atoms with Crippen LogP contribution in [0.15, 0.2) is 72.8 Å². The summed E-state index contributed by atoms with van der Waals surface area (Å²) >= 11 is 0. The molecule has 4 aromatic rings. The highest BCUT2D eigenvalue weighted by Crippen LogP contribution is 2.13. The summed E-state index contributed by atoms with van der Waals surface area (Å²) in [5.41, 5.74) is 13.1. The van der Waals surface area contributed by atoms with Crippen molar-refractivity contribution in [2.24, 2.45) is 0 Å². The average molecular weight is 463 g/mol. The lowest BCUT2D eigenvalue weighted by molar-refractivity contribution is 1.37. The van der Waals surface area contributed by atoms with Gasteiger partial charge in [0.15, 0.2) is 0 Å². The second-order valence-electron chi connectivity index (χ2n) is 9.68. The summed E-state index contributed by atoms with van der Waals surface area (Å²) < 4.78 is 0. The van der Waals surface area contributed by atoms with Gasteiger partial charge in [0.05, 0.1) is 0 Å². The van der Waals surface area contributed by atoms with Gasteiger partial charge in [-0.05, 0) is 130 Å². The molecule has 0 spiro atoms. The number of aryl methyl sites for hydroxylation is 6. The molecule has 0 aliphatic carbocycles. The summed E-state index contributed by atoms with van der Waals surface area (Å²) in [5, 5.41) is 0. The molecule has 0 aliphatic rings. The van der Waals surface area contributed by atoms with E-state index in [1.807, 2.05) is 18.2 Å². The molecule has 0 saturated heterocycles. The topological polar surface area (TPSA) is 0 Å². The second kappa shape index (κ2) is 10.9. The predicted octanol–water partition coefficient (Wildman–Crippen LogP) is 7.74. The SMILES string of the molecule is Cc1cc(C)cc(C#Cc2cc(C#Cc3cc(C)cc(C)c3)cc(C#Cc3cc(C)cc(C)c3)c2)c1. The van der Waals surface area contributed by atoms with Crippen molar-refractivity contribution in [2.45, 2.75) is 41.5 Å². The summed E-state index contributed by atoms with van der Waals surface area (Å²) in [6.07, 6.45) is 0. The molecule has 174 valence electrons. The third kappa shape index (κ3) is 7.03. The van der Waals surface area contributed by atoms with Crippen LogP contribution in [0.25, 0.3) is 0 Å². The summed E-state index contributed by atoms with van der Waals surface area (Å²) in [5.74, 6) is 20.0. The molecule has 0 fully saturated rings. The molecule has 0 aromatic heterocycles. The van der Waals surface area contributed by atoms with E-state index < -0.39 is 0 Å². The van der Waals surface area contributed by atoms with Gasteiger partial charge in [0.1, 0.15) is 0 Å². The van der Waals surface area contributed by atoms with Crippen LogP contribution >= 0.6 is 0 Å². The Kier molecular flexibility index (Phi) is 7.45. The van der Waals surface area contributed by atoms with Gasteiger partial charge in [-0.1, -0.05) is 53.7 Å². The maximum absolute atomic E-state index is 3.34. The standard InChI is InChI=1S/C36H30/c1-25-13-26(2)17-31(16-25)7-10-34-22-35(11-8-32-18-27(3)14-28(4)19-32)24-36(23-34)12-9-33-20-29(5)15-30(6)21-33/h13-24H,1-6H3. The molecular weight excluding hydrogens is 432 g/mol. The van der Waals surface area contributed by atoms with Crippen molar-refractivity contribution in [2.75, 3.05) is 0 Å². The maximum atomic E-state index is 3.34. The molecule has 0 heteroatoms. The van der Waals surface area contributed by atoms with Crippen LogP contribution in [-0.2, 0) is 0 Å². The van der Waals surface area contributed by atoms with Crippen LogP contribution in [0.5, 0.6) is 0 Å². The van der Waals surface area contributed by atoms with E-state index in [1.54, 1.807) is 0 Å². The third-order valence-corrected chi connectivity index (χ3v) is 5.65. The van der Waals surface area contributed by atoms with Crippen LogP contribution < -0.4 is 0 Å². The van der Waals surface area contributed by atoms with Crippen molar-refractivity contribution in [1.29, 1.82) is 0 Å². The van der Waals surface area contributed by atoms with Gasteiger partial charge in [-0.3, -0.25) is 0 Å². The van der Waals surface area contributed by atoms with E-state index in [2.05, 4.69) is 132 Å². The lowest BCUT2D eigenvalue weighted by Crippen LogP contribution is -1.87. The van der Waals surface area contributed by atoms with Crippen LogP contribution in [-0.4, -0.2) is 0 Å². The van der Waals surface area contributed by atoms with Crippen molar-refractivity contribution >= 4 is 0 Å². The molecule has 0 aliphatic heterocycles. The highest BCUT2D eigenvalue weighted by molar-refractivity contribution is 5.56. The Morgan fingerprint density at radius 1 is 0.250 bits per heavy atom. The fraction of sp³-hybridized carbons (Fsp3) is 0.167. The molecule has 0 unspecified atom stereocenters. The molecule has 0 saturated carbocycles. The molecule has 4 aromatic carbocycles. The molecule has 4 rings (SSSR count). The van der Waals surface area contributed by atoms with Gasteiger partial charge < -0.3 is 0 Å². The Labute approximate surface area is 216 Å². The van der Waals surface area contributed by atoms with Crippen molar-refractivity contribution in [3.05, 3.63) is 140 Å². The highest BCUT2D eigenvalue weighted by atomic mass is 14.0. The van der Waals surface area contributed by atoms with E-state index in [9.17, 15) is 0 Å². The van der Waals surface area contributed by atoms with Gasteiger partial charge in [-0.2, -0.15) is 0 Å². The minimum Gasteiger partial charge on any atom is -0.0616 e. The van der Waals surface area contributed by atoms with E-state index in [0.717, 1.165) is 33.4 Å². The van der Waals surface area contributed by atoms with Gasteiger partial charge in [-0.15, -0.1) is 0 Å². The molecule has 0 amide bonds. The summed E-state index contributed by atoms with van der Waals surface area (Å²) in [7, 11) is 0. The molecule has 0 heterocycles. The second-order valence-corrected chi connectivity index (χ2v) is 9.68. The molecule has 0 atom stereocenters.